The molecule has 2 aromatic carbocycles. The van der Waals surface area contributed by atoms with Crippen molar-refractivity contribution >= 4 is 28.7 Å². The summed E-state index contributed by atoms with van der Waals surface area (Å²) in [6.45, 7) is 4.91. The molecular weight excluding hydrogens is 338 g/mol. The van der Waals surface area contributed by atoms with E-state index in [4.69, 9.17) is 10.5 Å². The van der Waals surface area contributed by atoms with Gasteiger partial charge in [-0.25, -0.2) is 9.97 Å². The summed E-state index contributed by atoms with van der Waals surface area (Å²) >= 11 is 0. The van der Waals surface area contributed by atoms with Crippen LogP contribution in [0.2, 0.25) is 0 Å². The van der Waals surface area contributed by atoms with E-state index in [1.165, 1.54) is 6.33 Å². The molecule has 3 aromatic rings. The van der Waals surface area contributed by atoms with E-state index in [-0.39, 0.29) is 0 Å². The molecule has 0 saturated heterocycles. The van der Waals surface area contributed by atoms with Crippen molar-refractivity contribution in [1.82, 2.24) is 9.97 Å². The van der Waals surface area contributed by atoms with Gasteiger partial charge in [-0.1, -0.05) is 25.5 Å². The van der Waals surface area contributed by atoms with E-state index >= 15 is 0 Å². The first kappa shape index (κ1) is 18.5. The van der Waals surface area contributed by atoms with Crippen molar-refractivity contribution in [1.29, 1.82) is 0 Å². The number of benzene rings is 2. The van der Waals surface area contributed by atoms with Gasteiger partial charge in [-0.05, 0) is 55.3 Å². The van der Waals surface area contributed by atoms with Crippen molar-refractivity contribution < 1.29 is 4.74 Å². The van der Waals surface area contributed by atoms with Crippen LogP contribution in [0.5, 0.6) is 5.75 Å². The number of nitrogens with zero attached hydrogens (tertiary/aromatic N) is 2. The van der Waals surface area contributed by atoms with E-state index in [0.717, 1.165) is 42.1 Å². The fourth-order valence-corrected chi connectivity index (χ4v) is 2.56. The third-order valence-electron chi connectivity index (χ3n) is 4.05. The van der Waals surface area contributed by atoms with Crippen LogP contribution in [0.4, 0.5) is 28.7 Å². The largest absolute Gasteiger partial charge is 0.494 e. The Morgan fingerprint density at radius 3 is 2.33 bits per heavy atom. The topological polar surface area (TPSA) is 85.1 Å². The monoisotopic (exact) mass is 363 g/mol. The van der Waals surface area contributed by atoms with Gasteiger partial charge in [0.15, 0.2) is 11.6 Å². The Balaban J connectivity index is 1.70. The van der Waals surface area contributed by atoms with E-state index in [1.807, 2.05) is 55.5 Å². The molecule has 0 spiro atoms. The highest BCUT2D eigenvalue weighted by molar-refractivity contribution is 5.80. The Morgan fingerprint density at radius 2 is 1.67 bits per heavy atom. The number of hydrogen-bond acceptors (Lipinski definition) is 6. The molecule has 1 aromatic heterocycles. The average molecular weight is 363 g/mol. The fraction of sp³-hybridized carbons (Fsp3) is 0.238. The minimum absolute atomic E-state index is 0.460. The maximum atomic E-state index is 6.25. The van der Waals surface area contributed by atoms with Gasteiger partial charge in [0.05, 0.1) is 6.61 Å². The van der Waals surface area contributed by atoms with Gasteiger partial charge >= 0.3 is 0 Å². The number of ether oxygens (including phenoxy) is 1. The van der Waals surface area contributed by atoms with E-state index in [0.29, 0.717) is 17.3 Å². The molecule has 0 aliphatic rings. The summed E-state index contributed by atoms with van der Waals surface area (Å²) in [5.74, 6) is 1.98. The number of nitrogens with two attached hydrogens (primary N) is 1. The Bertz CT molecular complexity index is 880. The molecule has 0 unspecified atom stereocenters. The lowest BCUT2D eigenvalue weighted by Gasteiger charge is -2.13. The van der Waals surface area contributed by atoms with Crippen molar-refractivity contribution in [3.05, 3.63) is 60.4 Å². The second-order valence-corrected chi connectivity index (χ2v) is 6.33. The molecule has 0 saturated carbocycles. The van der Waals surface area contributed by atoms with Crippen LogP contribution in [0, 0.1) is 6.92 Å². The van der Waals surface area contributed by atoms with Crippen molar-refractivity contribution in [3.63, 3.8) is 0 Å². The quantitative estimate of drug-likeness (QED) is 0.487. The first-order chi connectivity index (χ1) is 13.2. The summed E-state index contributed by atoms with van der Waals surface area (Å²) in [6.07, 6.45) is 3.65. The molecule has 6 nitrogen and oxygen atoms in total. The third kappa shape index (κ3) is 5.10. The molecule has 1 heterocycles. The number of aromatic nitrogens is 2. The maximum absolute atomic E-state index is 6.25. The standard InChI is InChI=1S/C21H25N5O/c1-3-4-12-27-18-10-8-16(9-11-18)25-20-19(22)21(24-14-23-20)26-17-7-5-6-15(2)13-17/h5-11,13-14H,3-4,12,22H2,1-2H3,(H2,23,24,25,26). The second-order valence-electron chi connectivity index (χ2n) is 6.33. The smallest absolute Gasteiger partial charge is 0.159 e. The number of unbranched alkanes of at least 4 members (excludes halogenated alkanes) is 1. The van der Waals surface area contributed by atoms with Crippen molar-refractivity contribution in [2.75, 3.05) is 23.0 Å². The highest BCUT2D eigenvalue weighted by Crippen LogP contribution is 2.28. The van der Waals surface area contributed by atoms with Gasteiger partial charge in [0, 0.05) is 11.4 Å². The predicted molar refractivity (Wildman–Crippen MR) is 111 cm³/mol. The highest BCUT2D eigenvalue weighted by atomic mass is 16.5. The number of anilines is 5. The lowest BCUT2D eigenvalue weighted by Crippen LogP contribution is -2.05. The highest BCUT2D eigenvalue weighted by Gasteiger charge is 2.09. The predicted octanol–water partition coefficient (Wildman–Crippen LogP) is 5.03. The summed E-state index contributed by atoms with van der Waals surface area (Å²) in [7, 11) is 0. The second kappa shape index (κ2) is 8.89. The summed E-state index contributed by atoms with van der Waals surface area (Å²) < 4.78 is 5.68. The van der Waals surface area contributed by atoms with Gasteiger partial charge in [-0.15, -0.1) is 0 Å². The van der Waals surface area contributed by atoms with Crippen molar-refractivity contribution in [2.45, 2.75) is 26.7 Å². The Hall–Kier alpha value is -3.28. The number of nitrogen functional groups attached to an aromatic ring is 1. The molecule has 0 bridgehead atoms. The Labute approximate surface area is 159 Å². The molecule has 27 heavy (non-hydrogen) atoms. The van der Waals surface area contributed by atoms with E-state index in [2.05, 4.69) is 27.5 Å². The van der Waals surface area contributed by atoms with Crippen LogP contribution in [-0.2, 0) is 0 Å². The maximum Gasteiger partial charge on any atom is 0.159 e. The van der Waals surface area contributed by atoms with E-state index in [1.54, 1.807) is 0 Å². The average Bonchev–Trinajstić information content (AvgIpc) is 2.67. The zero-order chi connectivity index (χ0) is 19.1. The van der Waals surface area contributed by atoms with Gasteiger partial charge in [-0.3, -0.25) is 0 Å². The molecule has 0 radical (unpaired) electrons. The number of nitrogens with one attached hydrogen (secondary N) is 2. The van der Waals surface area contributed by atoms with Crippen molar-refractivity contribution in [2.24, 2.45) is 0 Å². The van der Waals surface area contributed by atoms with Crippen LogP contribution in [0.3, 0.4) is 0 Å². The van der Waals surface area contributed by atoms with Crippen LogP contribution in [0.25, 0.3) is 0 Å². The Kier molecular flexibility index (Phi) is 6.10. The molecule has 6 heteroatoms. The molecule has 0 aliphatic heterocycles. The SMILES string of the molecule is CCCCOc1ccc(Nc2ncnc(Nc3cccc(C)c3)c2N)cc1. The van der Waals surface area contributed by atoms with Gasteiger partial charge in [0.1, 0.15) is 17.8 Å². The molecule has 0 fully saturated rings. The van der Waals surface area contributed by atoms with Crippen LogP contribution >= 0.6 is 0 Å². The summed E-state index contributed by atoms with van der Waals surface area (Å²) in [4.78, 5) is 8.51. The molecule has 0 aliphatic carbocycles. The Morgan fingerprint density at radius 1 is 0.963 bits per heavy atom. The van der Waals surface area contributed by atoms with Gasteiger partial charge in [0.2, 0.25) is 0 Å². The first-order valence-corrected chi connectivity index (χ1v) is 9.09. The molecular formula is C21H25N5O. The van der Waals surface area contributed by atoms with Crippen LogP contribution < -0.4 is 21.1 Å². The summed E-state index contributed by atoms with van der Waals surface area (Å²) in [5, 5.41) is 6.47. The molecule has 140 valence electrons. The first-order valence-electron chi connectivity index (χ1n) is 9.09. The molecule has 4 N–H and O–H groups in total. The molecule has 3 rings (SSSR count). The number of aryl methyl sites for hydroxylation is 1. The zero-order valence-corrected chi connectivity index (χ0v) is 15.7. The zero-order valence-electron chi connectivity index (χ0n) is 15.7. The summed E-state index contributed by atoms with van der Waals surface area (Å²) in [5.41, 5.74) is 9.68. The van der Waals surface area contributed by atoms with Crippen LogP contribution in [-0.4, -0.2) is 16.6 Å². The minimum atomic E-state index is 0.460. The molecule has 0 amide bonds. The fourth-order valence-electron chi connectivity index (χ4n) is 2.56. The summed E-state index contributed by atoms with van der Waals surface area (Å²) in [6, 6.07) is 15.8. The van der Waals surface area contributed by atoms with Crippen LogP contribution in [0.1, 0.15) is 25.3 Å². The lowest BCUT2D eigenvalue weighted by atomic mass is 10.2. The van der Waals surface area contributed by atoms with E-state index < -0.39 is 0 Å². The number of rotatable bonds is 8. The third-order valence-corrected chi connectivity index (χ3v) is 4.05. The lowest BCUT2D eigenvalue weighted by molar-refractivity contribution is 0.309. The van der Waals surface area contributed by atoms with Gasteiger partial charge < -0.3 is 21.1 Å². The minimum Gasteiger partial charge on any atom is -0.494 e. The van der Waals surface area contributed by atoms with E-state index in [9.17, 15) is 0 Å². The van der Waals surface area contributed by atoms with Gasteiger partial charge in [0.25, 0.3) is 0 Å². The van der Waals surface area contributed by atoms with Crippen molar-refractivity contribution in [3.8, 4) is 5.75 Å². The molecule has 0 atom stereocenters. The normalized spacial score (nSPS) is 10.4. The van der Waals surface area contributed by atoms with Gasteiger partial charge in [-0.2, -0.15) is 0 Å². The number of hydrogen-bond donors (Lipinski definition) is 3. The van der Waals surface area contributed by atoms with Crippen LogP contribution in [0.15, 0.2) is 54.9 Å².